The standard InChI is InChI=1S/Fe.2H2O4S.Rb/c;2*1-5(2,3)4;/h;2*(H2,1,2,3,4);/q+3;;;+1/p-4. The van der Waals surface area contributed by atoms with Crippen LogP contribution in [0.1, 0.15) is 0 Å². The van der Waals surface area contributed by atoms with E-state index in [2.05, 4.69) is 0 Å². The first-order valence-corrected chi connectivity index (χ1v) is 4.00. The van der Waals surface area contributed by atoms with E-state index in [1.807, 2.05) is 0 Å². The molecular weight excluding hydrogens is 333 g/mol. The summed E-state index contributed by atoms with van der Waals surface area (Å²) in [6.07, 6.45) is 0. The van der Waals surface area contributed by atoms with Gasteiger partial charge in [0.1, 0.15) is 0 Å². The van der Waals surface area contributed by atoms with E-state index < -0.39 is 20.8 Å². The first-order chi connectivity index (χ1) is 4.00. The average Bonchev–Trinajstić information content (AvgIpc) is 1.12. The van der Waals surface area contributed by atoms with Crippen LogP contribution in [0.25, 0.3) is 0 Å². The van der Waals surface area contributed by atoms with Crippen molar-refractivity contribution in [2.45, 2.75) is 0 Å². The van der Waals surface area contributed by atoms with E-state index in [-0.39, 0.29) is 75.3 Å². The van der Waals surface area contributed by atoms with Gasteiger partial charge in [0.2, 0.25) is 0 Å². The summed E-state index contributed by atoms with van der Waals surface area (Å²) in [7, 11) is -10.3. The van der Waals surface area contributed by atoms with Gasteiger partial charge < -0.3 is 18.2 Å². The van der Waals surface area contributed by atoms with Gasteiger partial charge in [0.15, 0.2) is 0 Å². The van der Waals surface area contributed by atoms with Crippen LogP contribution in [0.2, 0.25) is 0 Å². The van der Waals surface area contributed by atoms with E-state index in [4.69, 9.17) is 35.0 Å². The third-order valence-corrected chi connectivity index (χ3v) is 0. The number of rotatable bonds is 0. The fraction of sp³-hybridized carbons (Fsp3) is 0. The molecule has 0 saturated carbocycles. The average molecular weight is 333 g/mol. The molecule has 0 N–H and O–H groups in total. The van der Waals surface area contributed by atoms with Gasteiger partial charge in [0.25, 0.3) is 0 Å². The molecule has 12 heteroatoms. The number of hydrogen-bond acceptors (Lipinski definition) is 8. The predicted octanol–water partition coefficient (Wildman–Crippen LogP) is -5.67. The summed E-state index contributed by atoms with van der Waals surface area (Å²) in [5, 5.41) is 0. The Labute approximate surface area is 129 Å². The second-order valence-electron chi connectivity index (χ2n) is 0.816. The van der Waals surface area contributed by atoms with Gasteiger partial charge in [-0.2, -0.15) is 0 Å². The molecule has 0 amide bonds. The molecule has 8 nitrogen and oxygen atoms in total. The van der Waals surface area contributed by atoms with Crippen LogP contribution in [0.5, 0.6) is 0 Å². The Morgan fingerprint density at radius 1 is 0.667 bits per heavy atom. The van der Waals surface area contributed by atoms with Gasteiger partial charge in [0, 0.05) is 20.8 Å². The van der Waals surface area contributed by atoms with Crippen LogP contribution < -0.4 is 58.2 Å². The maximum Gasteiger partial charge on any atom is 3.00 e. The molecule has 1 radical (unpaired) electrons. The van der Waals surface area contributed by atoms with Gasteiger partial charge in [-0.05, 0) is 0 Å². The molecule has 0 spiro atoms. The Morgan fingerprint density at radius 3 is 0.667 bits per heavy atom. The summed E-state index contributed by atoms with van der Waals surface area (Å²) in [4.78, 5) is 0. The summed E-state index contributed by atoms with van der Waals surface area (Å²) in [5.41, 5.74) is 0. The van der Waals surface area contributed by atoms with Crippen LogP contribution in [0.15, 0.2) is 0 Å². The summed E-state index contributed by atoms with van der Waals surface area (Å²) >= 11 is 0. The van der Waals surface area contributed by atoms with Crippen molar-refractivity contribution in [3.8, 4) is 0 Å². The summed E-state index contributed by atoms with van der Waals surface area (Å²) in [5.74, 6) is 0. The van der Waals surface area contributed by atoms with E-state index in [1.54, 1.807) is 0 Å². The Hall–Kier alpha value is 2.06. The van der Waals surface area contributed by atoms with Crippen molar-refractivity contribution in [1.82, 2.24) is 0 Å². The van der Waals surface area contributed by atoms with Crippen molar-refractivity contribution in [3.05, 3.63) is 0 Å². The van der Waals surface area contributed by atoms with Gasteiger partial charge in [-0.25, -0.2) is 0 Å². The molecule has 12 heavy (non-hydrogen) atoms. The van der Waals surface area contributed by atoms with Crippen molar-refractivity contribution >= 4 is 20.8 Å². The minimum atomic E-state index is -5.17. The van der Waals surface area contributed by atoms with Crippen LogP contribution in [-0.2, 0) is 37.9 Å². The van der Waals surface area contributed by atoms with Crippen LogP contribution in [-0.4, -0.2) is 35.0 Å². The Balaban J connectivity index is -0.0000000457. The quantitative estimate of drug-likeness (QED) is 0.241. The largest absolute Gasteiger partial charge is 3.00 e. The van der Waals surface area contributed by atoms with Crippen molar-refractivity contribution in [3.63, 3.8) is 0 Å². The van der Waals surface area contributed by atoms with Crippen LogP contribution >= 0.6 is 0 Å². The van der Waals surface area contributed by atoms with E-state index >= 15 is 0 Å². The molecule has 0 unspecified atom stereocenters. The molecule has 69 valence electrons. The van der Waals surface area contributed by atoms with Gasteiger partial charge in [-0.15, -0.1) is 0 Å². The molecule has 0 saturated heterocycles. The van der Waals surface area contributed by atoms with Crippen LogP contribution in [0.4, 0.5) is 0 Å². The molecule has 0 atom stereocenters. The van der Waals surface area contributed by atoms with Crippen molar-refractivity contribution in [2.75, 3.05) is 0 Å². The zero-order valence-electron chi connectivity index (χ0n) is 5.44. The molecule has 0 aromatic heterocycles. The Bertz CT molecular complexity index is 213. The third kappa shape index (κ3) is 346. The molecule has 0 aliphatic heterocycles. The maximum absolute atomic E-state index is 8.52. The smallest absolute Gasteiger partial charge is 0.759 e. The summed E-state index contributed by atoms with van der Waals surface area (Å²) in [6, 6.07) is 0. The molecule has 0 aromatic rings. The second-order valence-corrected chi connectivity index (χ2v) is 2.45. The van der Waals surface area contributed by atoms with E-state index in [0.29, 0.717) is 0 Å². The van der Waals surface area contributed by atoms with Crippen LogP contribution in [0, 0.1) is 0 Å². The SMILES string of the molecule is O=S(=O)([O-])[O-].O=S(=O)([O-])[O-].[Fe+3].[Rb+]. The zero-order valence-corrected chi connectivity index (χ0v) is 13.1. The number of hydrogen-bond donors (Lipinski definition) is 0. The molecule has 0 rings (SSSR count). The minimum Gasteiger partial charge on any atom is -0.759 e. The molecule has 0 aliphatic rings. The van der Waals surface area contributed by atoms with Gasteiger partial charge in [-0.1, -0.05) is 0 Å². The maximum atomic E-state index is 8.52. The summed E-state index contributed by atoms with van der Waals surface area (Å²) < 4.78 is 68.2. The molecular formula is FeO8RbS2. The van der Waals surface area contributed by atoms with E-state index in [9.17, 15) is 0 Å². The van der Waals surface area contributed by atoms with E-state index in [0.717, 1.165) is 0 Å². The Morgan fingerprint density at radius 2 is 0.667 bits per heavy atom. The normalized spacial score (nSPS) is 9.67. The van der Waals surface area contributed by atoms with E-state index in [1.165, 1.54) is 0 Å². The molecule has 0 fully saturated rings. The van der Waals surface area contributed by atoms with Gasteiger partial charge >= 0.3 is 75.3 Å². The molecule has 0 aromatic carbocycles. The Kier molecular flexibility index (Phi) is 19.0. The summed E-state index contributed by atoms with van der Waals surface area (Å²) in [6.45, 7) is 0. The second kappa shape index (κ2) is 9.61. The predicted molar refractivity (Wildman–Crippen MR) is 20.9 cm³/mol. The van der Waals surface area contributed by atoms with Crippen molar-refractivity contribution < 1.29 is 110 Å². The van der Waals surface area contributed by atoms with Gasteiger partial charge in [0.05, 0.1) is 0 Å². The topological polar surface area (TPSA) is 161 Å². The molecule has 0 bridgehead atoms. The zero-order chi connectivity index (χ0) is 9.00. The first kappa shape index (κ1) is 23.7. The monoisotopic (exact) mass is 333 g/mol. The fourth-order valence-corrected chi connectivity index (χ4v) is 0. The van der Waals surface area contributed by atoms with Crippen molar-refractivity contribution in [2.24, 2.45) is 0 Å². The molecule has 0 aliphatic carbocycles. The first-order valence-electron chi connectivity index (χ1n) is 1.33. The third-order valence-electron chi connectivity index (χ3n) is 0. The minimum absolute atomic E-state index is 0. The van der Waals surface area contributed by atoms with Crippen LogP contribution in [0.3, 0.4) is 0 Å². The van der Waals surface area contributed by atoms with Crippen molar-refractivity contribution in [1.29, 1.82) is 0 Å². The molecule has 0 heterocycles. The van der Waals surface area contributed by atoms with Gasteiger partial charge in [-0.3, -0.25) is 16.8 Å². The fourth-order valence-electron chi connectivity index (χ4n) is 0.